The van der Waals surface area contributed by atoms with Gasteiger partial charge in [-0.25, -0.2) is 14.0 Å². The normalized spacial score (nSPS) is 13.7. The van der Waals surface area contributed by atoms with Crippen molar-refractivity contribution in [1.29, 1.82) is 0 Å². The smallest absolute Gasteiger partial charge is 0.250 e. The zero-order valence-corrected chi connectivity index (χ0v) is 20.5. The molecule has 3 rings (SSSR count). The van der Waals surface area contributed by atoms with Crippen molar-refractivity contribution in [1.82, 2.24) is 29.3 Å². The predicted octanol–water partition coefficient (Wildman–Crippen LogP) is 4.26. The molecule has 0 amide bonds. The molecular formula is C24H38N6O. The molecule has 3 aromatic heterocycles. The minimum absolute atomic E-state index is 0.0415. The highest BCUT2D eigenvalue weighted by atomic mass is 16.3. The summed E-state index contributed by atoms with van der Waals surface area (Å²) < 4.78 is 5.67. The predicted molar refractivity (Wildman–Crippen MR) is 123 cm³/mol. The number of hydrogen-bond donors (Lipinski definition) is 1. The van der Waals surface area contributed by atoms with Gasteiger partial charge in [0.25, 0.3) is 5.79 Å². The highest BCUT2D eigenvalue weighted by Gasteiger charge is 2.40. The monoisotopic (exact) mass is 426 g/mol. The molecule has 0 radical (unpaired) electrons. The van der Waals surface area contributed by atoms with E-state index in [2.05, 4.69) is 62.3 Å². The van der Waals surface area contributed by atoms with Gasteiger partial charge in [-0.2, -0.15) is 15.3 Å². The zero-order valence-electron chi connectivity index (χ0n) is 20.5. The first-order valence-corrected chi connectivity index (χ1v) is 11.0. The van der Waals surface area contributed by atoms with Gasteiger partial charge in [0, 0.05) is 47.9 Å². The van der Waals surface area contributed by atoms with E-state index in [-0.39, 0.29) is 22.9 Å². The van der Waals surface area contributed by atoms with E-state index < -0.39 is 5.79 Å². The highest BCUT2D eigenvalue weighted by Crippen LogP contribution is 2.31. The Kier molecular flexibility index (Phi) is 5.72. The molecule has 0 spiro atoms. The van der Waals surface area contributed by atoms with Gasteiger partial charge in [-0.15, -0.1) is 0 Å². The number of aliphatic hydroxyl groups is 1. The van der Waals surface area contributed by atoms with Gasteiger partial charge in [-0.05, 0) is 18.2 Å². The summed E-state index contributed by atoms with van der Waals surface area (Å²) in [5.41, 5.74) is 2.62. The van der Waals surface area contributed by atoms with E-state index in [0.29, 0.717) is 6.42 Å². The van der Waals surface area contributed by atoms with Crippen molar-refractivity contribution in [2.45, 2.75) is 90.8 Å². The highest BCUT2D eigenvalue weighted by molar-refractivity contribution is 5.16. The summed E-state index contributed by atoms with van der Waals surface area (Å²) in [4.78, 5) is 0. The Morgan fingerprint density at radius 3 is 1.10 bits per heavy atom. The van der Waals surface area contributed by atoms with Crippen LogP contribution in [0.1, 0.15) is 85.8 Å². The lowest BCUT2D eigenvalue weighted by atomic mass is 9.93. The molecule has 0 fully saturated rings. The molecule has 0 bridgehead atoms. The Hall–Kier alpha value is -2.41. The molecule has 0 aliphatic carbocycles. The van der Waals surface area contributed by atoms with Crippen LogP contribution in [0.2, 0.25) is 0 Å². The van der Waals surface area contributed by atoms with Crippen molar-refractivity contribution in [3.8, 4) is 0 Å². The van der Waals surface area contributed by atoms with Crippen LogP contribution in [0.15, 0.2) is 36.8 Å². The minimum atomic E-state index is -0.939. The second kappa shape index (κ2) is 7.62. The van der Waals surface area contributed by atoms with Gasteiger partial charge >= 0.3 is 0 Å². The van der Waals surface area contributed by atoms with Crippen LogP contribution >= 0.6 is 0 Å². The second-order valence-corrected chi connectivity index (χ2v) is 11.4. The zero-order chi connectivity index (χ0) is 23.2. The third kappa shape index (κ3) is 4.33. The van der Waals surface area contributed by atoms with Crippen molar-refractivity contribution in [3.05, 3.63) is 53.9 Å². The van der Waals surface area contributed by atoms with E-state index in [1.807, 2.05) is 50.8 Å². The van der Waals surface area contributed by atoms with E-state index in [0.717, 1.165) is 17.1 Å². The van der Waals surface area contributed by atoms with Crippen molar-refractivity contribution in [3.63, 3.8) is 0 Å². The summed E-state index contributed by atoms with van der Waals surface area (Å²) in [5, 5.41) is 25.0. The largest absolute Gasteiger partial charge is 0.396 e. The molecule has 0 saturated heterocycles. The van der Waals surface area contributed by atoms with E-state index in [1.165, 1.54) is 0 Å². The fourth-order valence-corrected chi connectivity index (χ4v) is 3.58. The van der Waals surface area contributed by atoms with Gasteiger partial charge < -0.3 is 5.11 Å². The lowest BCUT2D eigenvalue weighted by Crippen LogP contribution is -2.50. The third-order valence-corrected chi connectivity index (χ3v) is 5.62. The van der Waals surface area contributed by atoms with E-state index in [4.69, 9.17) is 15.3 Å². The standard InChI is InChI=1S/C24H38N6O/c1-21(2,3)18-10-14-28(25-18)24(13-17-31,29-15-11-19(26-29)22(4,5)6)30-16-12-20(27-30)23(7,8)9/h10-12,14-16,31H,13,17H2,1-9H3. The number of hydrogen-bond acceptors (Lipinski definition) is 4. The van der Waals surface area contributed by atoms with E-state index >= 15 is 0 Å². The van der Waals surface area contributed by atoms with Crippen LogP contribution in [-0.2, 0) is 22.0 Å². The molecule has 7 nitrogen and oxygen atoms in total. The summed E-state index contributed by atoms with van der Waals surface area (Å²) in [6.45, 7) is 19.2. The molecule has 170 valence electrons. The quantitative estimate of drug-likeness (QED) is 0.662. The van der Waals surface area contributed by atoms with Crippen LogP contribution < -0.4 is 0 Å². The first kappa shape index (κ1) is 23.3. The Morgan fingerprint density at radius 1 is 0.613 bits per heavy atom. The molecule has 0 aliphatic heterocycles. The Morgan fingerprint density at radius 2 is 0.903 bits per heavy atom. The van der Waals surface area contributed by atoms with Crippen LogP contribution in [0.5, 0.6) is 0 Å². The summed E-state index contributed by atoms with van der Waals surface area (Å²) in [5.74, 6) is -0.939. The van der Waals surface area contributed by atoms with Gasteiger partial charge in [0.2, 0.25) is 0 Å². The average Bonchev–Trinajstić information content (AvgIpc) is 3.38. The lowest BCUT2D eigenvalue weighted by Gasteiger charge is -2.35. The van der Waals surface area contributed by atoms with Gasteiger partial charge in [0.05, 0.1) is 17.1 Å². The summed E-state index contributed by atoms with van der Waals surface area (Å²) in [6, 6.07) is 6.11. The van der Waals surface area contributed by atoms with Gasteiger partial charge in [0.1, 0.15) is 0 Å². The Bertz CT molecular complexity index is 893. The van der Waals surface area contributed by atoms with Gasteiger partial charge in [-0.1, -0.05) is 62.3 Å². The minimum Gasteiger partial charge on any atom is -0.396 e. The molecule has 0 aliphatic rings. The van der Waals surface area contributed by atoms with Crippen LogP contribution in [0, 0.1) is 0 Å². The van der Waals surface area contributed by atoms with Gasteiger partial charge in [0.15, 0.2) is 0 Å². The molecule has 3 aromatic rings. The fourth-order valence-electron chi connectivity index (χ4n) is 3.58. The van der Waals surface area contributed by atoms with Gasteiger partial charge in [-0.3, -0.25) is 0 Å². The van der Waals surface area contributed by atoms with Crippen molar-refractivity contribution >= 4 is 0 Å². The lowest BCUT2D eigenvalue weighted by molar-refractivity contribution is 0.0734. The second-order valence-electron chi connectivity index (χ2n) is 11.4. The molecule has 3 heterocycles. The van der Waals surface area contributed by atoms with Crippen LogP contribution in [0.4, 0.5) is 0 Å². The van der Waals surface area contributed by atoms with Crippen LogP contribution in [-0.4, -0.2) is 41.1 Å². The number of rotatable bonds is 5. The van der Waals surface area contributed by atoms with E-state index in [1.54, 1.807) is 0 Å². The Labute approximate surface area is 186 Å². The number of nitrogens with zero attached hydrogens (tertiary/aromatic N) is 6. The SMILES string of the molecule is CC(C)(C)c1ccn(C(CCO)(n2ccc(C(C)(C)C)n2)n2ccc(C(C)(C)C)n2)n1. The first-order chi connectivity index (χ1) is 14.2. The summed E-state index contributed by atoms with van der Waals surface area (Å²) in [6.07, 6.45) is 6.27. The molecular weight excluding hydrogens is 388 g/mol. The third-order valence-electron chi connectivity index (χ3n) is 5.62. The summed E-state index contributed by atoms with van der Waals surface area (Å²) >= 11 is 0. The molecule has 1 N–H and O–H groups in total. The molecule has 0 atom stereocenters. The molecule has 7 heteroatoms. The average molecular weight is 427 g/mol. The van der Waals surface area contributed by atoms with E-state index in [9.17, 15) is 5.11 Å². The topological polar surface area (TPSA) is 73.7 Å². The van der Waals surface area contributed by atoms with Crippen LogP contribution in [0.3, 0.4) is 0 Å². The van der Waals surface area contributed by atoms with Crippen LogP contribution in [0.25, 0.3) is 0 Å². The maximum atomic E-state index is 10.2. The molecule has 31 heavy (non-hydrogen) atoms. The van der Waals surface area contributed by atoms with Crippen molar-refractivity contribution in [2.24, 2.45) is 0 Å². The molecule has 0 aromatic carbocycles. The Balaban J connectivity index is 2.29. The maximum absolute atomic E-state index is 10.2. The summed E-state index contributed by atoms with van der Waals surface area (Å²) in [7, 11) is 0. The molecule has 0 saturated carbocycles. The maximum Gasteiger partial charge on any atom is 0.250 e. The number of aliphatic hydroxyl groups excluding tert-OH is 1. The van der Waals surface area contributed by atoms with Crippen molar-refractivity contribution in [2.75, 3.05) is 6.61 Å². The van der Waals surface area contributed by atoms with Crippen molar-refractivity contribution < 1.29 is 5.11 Å². The molecule has 0 unspecified atom stereocenters. The first-order valence-electron chi connectivity index (χ1n) is 11.0. The fraction of sp³-hybridized carbons (Fsp3) is 0.625. The number of aromatic nitrogens is 6.